The van der Waals surface area contributed by atoms with E-state index in [2.05, 4.69) is 10.6 Å². The van der Waals surface area contributed by atoms with Gasteiger partial charge in [-0.1, -0.05) is 6.07 Å². The number of nitrogens with zero attached hydrogens (tertiary/aromatic N) is 1. The number of aliphatic hydroxyl groups is 1. The maximum Gasteiger partial charge on any atom is 0.313 e. The average Bonchev–Trinajstić information content (AvgIpc) is 3.48. The molecule has 0 saturated carbocycles. The molecule has 33 heavy (non-hydrogen) atoms. The van der Waals surface area contributed by atoms with Crippen LogP contribution in [0.4, 0.5) is 11.4 Å². The molecule has 1 unspecified atom stereocenters. The highest BCUT2D eigenvalue weighted by Gasteiger charge is 2.25. The number of thiophene rings is 1. The number of carbonyl (C=O) groups is 2. The summed E-state index contributed by atoms with van der Waals surface area (Å²) in [6.45, 7) is 0.495. The molecule has 9 nitrogen and oxygen atoms in total. The third-order valence-electron chi connectivity index (χ3n) is 5.21. The summed E-state index contributed by atoms with van der Waals surface area (Å²) in [7, 11) is -3.44. The van der Waals surface area contributed by atoms with Gasteiger partial charge in [-0.2, -0.15) is 0 Å². The van der Waals surface area contributed by atoms with E-state index in [1.54, 1.807) is 42.5 Å². The lowest BCUT2D eigenvalue weighted by Crippen LogP contribution is -2.36. The number of carbonyl (C=O) groups excluding carboxylic acids is 2. The molecule has 4 rings (SSSR count). The summed E-state index contributed by atoms with van der Waals surface area (Å²) in [6, 6.07) is 11.8. The summed E-state index contributed by atoms with van der Waals surface area (Å²) >= 11 is 1.30. The Hall–Kier alpha value is -3.15. The zero-order valence-corrected chi connectivity index (χ0v) is 19.4. The highest BCUT2D eigenvalue weighted by molar-refractivity contribution is 7.92. The Morgan fingerprint density at radius 1 is 1.21 bits per heavy atom. The predicted octanol–water partition coefficient (Wildman–Crippen LogP) is 2.39. The van der Waals surface area contributed by atoms with Crippen LogP contribution in [0, 0.1) is 0 Å². The van der Waals surface area contributed by atoms with Gasteiger partial charge in [0.15, 0.2) is 0 Å². The molecule has 174 valence electrons. The first-order valence-corrected chi connectivity index (χ1v) is 12.9. The van der Waals surface area contributed by atoms with Crippen molar-refractivity contribution in [2.24, 2.45) is 0 Å². The van der Waals surface area contributed by atoms with Gasteiger partial charge in [0.2, 0.25) is 10.0 Å². The fourth-order valence-corrected chi connectivity index (χ4v) is 5.56. The first-order valence-electron chi connectivity index (χ1n) is 10.2. The Labute approximate surface area is 195 Å². The second-order valence-corrected chi connectivity index (χ2v) is 10.7. The summed E-state index contributed by atoms with van der Waals surface area (Å²) in [5, 5.41) is 15.4. The van der Waals surface area contributed by atoms with E-state index in [0.717, 1.165) is 29.5 Å². The molecule has 11 heteroatoms. The third-order valence-corrected chi connectivity index (χ3v) is 7.53. The molecule has 3 aromatic rings. The Bertz CT molecular complexity index is 1270. The van der Waals surface area contributed by atoms with Crippen molar-refractivity contribution < 1.29 is 27.5 Å². The second-order valence-electron chi connectivity index (χ2n) is 7.64. The second kappa shape index (κ2) is 9.38. The minimum atomic E-state index is -3.44. The summed E-state index contributed by atoms with van der Waals surface area (Å²) in [5.74, 6) is -1.26. The number of fused-ring (bicyclic) bond motifs is 1. The Morgan fingerprint density at radius 3 is 2.76 bits per heavy atom. The summed E-state index contributed by atoms with van der Waals surface area (Å²) in [5.41, 5.74) is 1.73. The van der Waals surface area contributed by atoms with Crippen LogP contribution in [0.2, 0.25) is 0 Å². The fourth-order valence-electron chi connectivity index (χ4n) is 3.62. The number of aliphatic hydroxyl groups excluding tert-OH is 1. The highest BCUT2D eigenvalue weighted by Crippen LogP contribution is 2.32. The fraction of sp³-hybridized carbons (Fsp3) is 0.273. The van der Waals surface area contributed by atoms with Crippen molar-refractivity contribution in [3.63, 3.8) is 0 Å². The van der Waals surface area contributed by atoms with Crippen LogP contribution in [0.25, 0.3) is 0 Å². The van der Waals surface area contributed by atoms with E-state index in [4.69, 9.17) is 4.42 Å². The van der Waals surface area contributed by atoms with Crippen LogP contribution < -0.4 is 14.9 Å². The summed E-state index contributed by atoms with van der Waals surface area (Å²) in [4.78, 5) is 26.0. The molecule has 1 aromatic carbocycles. The highest BCUT2D eigenvalue weighted by atomic mass is 32.2. The zero-order valence-electron chi connectivity index (χ0n) is 17.8. The number of amides is 2. The number of furan rings is 1. The molecule has 1 aliphatic heterocycles. The molecule has 2 amide bonds. The molecule has 0 aliphatic carbocycles. The number of aryl methyl sites for hydroxylation is 1. The molecule has 0 saturated heterocycles. The number of hydrogen-bond donors (Lipinski definition) is 3. The monoisotopic (exact) mass is 489 g/mol. The molecule has 0 fully saturated rings. The van der Waals surface area contributed by atoms with E-state index >= 15 is 0 Å². The van der Waals surface area contributed by atoms with Gasteiger partial charge >= 0.3 is 11.8 Å². The van der Waals surface area contributed by atoms with Gasteiger partial charge in [-0.3, -0.25) is 13.9 Å². The number of anilines is 2. The lowest BCUT2D eigenvalue weighted by atomic mass is 10.0. The Kier molecular flexibility index (Phi) is 6.54. The van der Waals surface area contributed by atoms with Crippen molar-refractivity contribution in [2.75, 3.05) is 22.4 Å². The Morgan fingerprint density at radius 2 is 2.03 bits per heavy atom. The van der Waals surface area contributed by atoms with Crippen LogP contribution in [0.5, 0.6) is 0 Å². The van der Waals surface area contributed by atoms with Crippen LogP contribution in [0.1, 0.15) is 33.6 Å². The van der Waals surface area contributed by atoms with Gasteiger partial charge < -0.3 is 20.2 Å². The molecule has 0 radical (unpaired) electrons. The molecule has 0 bridgehead atoms. The van der Waals surface area contributed by atoms with Crippen LogP contribution in [-0.2, 0) is 32.6 Å². The van der Waals surface area contributed by atoms with Crippen molar-refractivity contribution >= 4 is 44.5 Å². The lowest BCUT2D eigenvalue weighted by Gasteiger charge is -2.29. The summed E-state index contributed by atoms with van der Waals surface area (Å²) in [6.07, 6.45) is 3.19. The minimum absolute atomic E-state index is 0.119. The lowest BCUT2D eigenvalue weighted by molar-refractivity contribution is -0.136. The predicted molar refractivity (Wildman–Crippen MR) is 125 cm³/mol. The standard InChI is InChI=1S/C22H23N3O6S2/c1-33(29,30)25-10-2-4-14-6-7-15(12-17(14)25)24-22(28)21(27)23-13-16-8-9-19(32-16)20(26)18-5-3-11-31-18/h3,5-9,11-12,20,26H,2,4,10,13H2,1H3,(H,23,27)(H,24,28). The zero-order chi connectivity index (χ0) is 23.6. The number of benzene rings is 1. The summed E-state index contributed by atoms with van der Waals surface area (Å²) < 4.78 is 30.7. The van der Waals surface area contributed by atoms with Gasteiger partial charge in [0.25, 0.3) is 0 Å². The molecular formula is C22H23N3O6S2. The third kappa shape index (κ3) is 5.27. The molecule has 0 spiro atoms. The van der Waals surface area contributed by atoms with Crippen molar-refractivity contribution in [1.29, 1.82) is 0 Å². The van der Waals surface area contributed by atoms with E-state index in [9.17, 15) is 23.1 Å². The van der Waals surface area contributed by atoms with Gasteiger partial charge in [0.1, 0.15) is 11.9 Å². The van der Waals surface area contributed by atoms with E-state index < -0.39 is 27.9 Å². The van der Waals surface area contributed by atoms with Crippen LogP contribution in [0.3, 0.4) is 0 Å². The molecule has 3 N–H and O–H groups in total. The van der Waals surface area contributed by atoms with Crippen LogP contribution in [0.15, 0.2) is 53.1 Å². The Balaban J connectivity index is 1.36. The average molecular weight is 490 g/mol. The number of rotatable bonds is 6. The first-order chi connectivity index (χ1) is 15.7. The molecular weight excluding hydrogens is 466 g/mol. The molecule has 1 aliphatic rings. The largest absolute Gasteiger partial charge is 0.466 e. The van der Waals surface area contributed by atoms with Crippen LogP contribution >= 0.6 is 11.3 Å². The number of nitrogens with one attached hydrogen (secondary N) is 2. The van der Waals surface area contributed by atoms with Crippen molar-refractivity contribution in [3.05, 3.63) is 69.8 Å². The minimum Gasteiger partial charge on any atom is -0.466 e. The maximum atomic E-state index is 12.3. The number of hydrogen-bond acceptors (Lipinski definition) is 7. The van der Waals surface area contributed by atoms with Crippen molar-refractivity contribution in [2.45, 2.75) is 25.5 Å². The van der Waals surface area contributed by atoms with Crippen molar-refractivity contribution in [1.82, 2.24) is 5.32 Å². The number of sulfonamides is 1. The quantitative estimate of drug-likeness (QED) is 0.456. The van der Waals surface area contributed by atoms with Crippen LogP contribution in [-0.4, -0.2) is 38.1 Å². The van der Waals surface area contributed by atoms with E-state index in [1.807, 2.05) is 0 Å². The van der Waals surface area contributed by atoms with Gasteiger partial charge in [-0.05, 0) is 54.8 Å². The SMILES string of the molecule is CS(=O)(=O)N1CCCc2ccc(NC(=O)C(=O)NCc3ccc(C(O)c4ccco4)s3)cc21. The van der Waals surface area contributed by atoms with Gasteiger partial charge in [-0.25, -0.2) is 8.42 Å². The van der Waals surface area contributed by atoms with E-state index in [0.29, 0.717) is 28.6 Å². The molecule has 1 atom stereocenters. The maximum absolute atomic E-state index is 12.3. The van der Waals surface area contributed by atoms with Gasteiger partial charge in [0, 0.05) is 22.0 Å². The van der Waals surface area contributed by atoms with Gasteiger partial charge in [0.05, 0.1) is 24.8 Å². The first kappa shape index (κ1) is 23.0. The topological polar surface area (TPSA) is 129 Å². The van der Waals surface area contributed by atoms with E-state index in [-0.39, 0.29) is 6.54 Å². The molecule has 3 heterocycles. The molecule has 2 aromatic heterocycles. The normalized spacial score (nSPS) is 14.4. The van der Waals surface area contributed by atoms with Crippen molar-refractivity contribution in [3.8, 4) is 0 Å². The van der Waals surface area contributed by atoms with Gasteiger partial charge in [-0.15, -0.1) is 11.3 Å². The van der Waals surface area contributed by atoms with E-state index in [1.165, 1.54) is 21.9 Å². The smallest absolute Gasteiger partial charge is 0.313 e.